The van der Waals surface area contributed by atoms with Crippen LogP contribution in [0.3, 0.4) is 0 Å². The van der Waals surface area contributed by atoms with Gasteiger partial charge in [0.1, 0.15) is 10.5 Å². The molecule has 0 bridgehead atoms. The van der Waals surface area contributed by atoms with E-state index in [-0.39, 0.29) is 16.1 Å². The standard InChI is InChI=1S/C23H29OS/c1-18(2)25(21-16-10-5-11-17-21)23(20-14-8-4-9-15-20)22(24)19-12-6-3-7-13-19/h3-4,6-9,12-15,18,21,23H,5,10-11,16-17H2,1-2H3/q+1. The number of carbonyl (C=O) groups excluding carboxylic acids is 1. The Morgan fingerprint density at radius 3 is 2.00 bits per heavy atom. The quantitative estimate of drug-likeness (QED) is 0.462. The minimum Gasteiger partial charge on any atom is -0.288 e. The van der Waals surface area contributed by atoms with Crippen LogP contribution in [0.25, 0.3) is 0 Å². The van der Waals surface area contributed by atoms with E-state index in [1.165, 1.54) is 37.7 Å². The van der Waals surface area contributed by atoms with Crippen molar-refractivity contribution in [3.8, 4) is 0 Å². The fraction of sp³-hybridized carbons (Fsp3) is 0.435. The SMILES string of the molecule is CC(C)[S+](C1CCCCC1)C(C(=O)c1ccccc1)c1ccccc1. The summed E-state index contributed by atoms with van der Waals surface area (Å²) >= 11 is 0. The molecule has 1 aliphatic carbocycles. The van der Waals surface area contributed by atoms with Crippen LogP contribution in [0.1, 0.15) is 67.1 Å². The van der Waals surface area contributed by atoms with Gasteiger partial charge in [0.05, 0.1) is 0 Å². The van der Waals surface area contributed by atoms with Crippen molar-refractivity contribution in [3.63, 3.8) is 0 Å². The van der Waals surface area contributed by atoms with Crippen LogP contribution in [0.2, 0.25) is 0 Å². The highest BCUT2D eigenvalue weighted by Crippen LogP contribution is 2.39. The lowest BCUT2D eigenvalue weighted by molar-refractivity contribution is 0.0988. The highest BCUT2D eigenvalue weighted by atomic mass is 32.2. The lowest BCUT2D eigenvalue weighted by Crippen LogP contribution is -2.38. The molecule has 2 unspecified atom stereocenters. The van der Waals surface area contributed by atoms with Gasteiger partial charge in [-0.05, 0) is 39.5 Å². The van der Waals surface area contributed by atoms with Gasteiger partial charge in [0.15, 0.2) is 0 Å². The normalized spacial score (nSPS) is 18.0. The molecule has 1 aliphatic rings. The van der Waals surface area contributed by atoms with E-state index in [4.69, 9.17) is 0 Å². The van der Waals surface area contributed by atoms with E-state index in [9.17, 15) is 4.79 Å². The Labute approximate surface area is 155 Å². The number of hydrogen-bond donors (Lipinski definition) is 0. The molecule has 1 saturated carbocycles. The van der Waals surface area contributed by atoms with E-state index in [0.717, 1.165) is 5.56 Å². The van der Waals surface area contributed by atoms with Gasteiger partial charge in [-0.15, -0.1) is 0 Å². The Kier molecular flexibility index (Phi) is 6.36. The molecule has 2 atom stereocenters. The Hall–Kier alpha value is -1.54. The summed E-state index contributed by atoms with van der Waals surface area (Å²) in [6.07, 6.45) is 6.57. The maximum atomic E-state index is 13.5. The zero-order chi connectivity index (χ0) is 17.6. The molecule has 0 saturated heterocycles. The third-order valence-electron chi connectivity index (χ3n) is 5.15. The van der Waals surface area contributed by atoms with Gasteiger partial charge in [-0.1, -0.05) is 67.1 Å². The Morgan fingerprint density at radius 2 is 1.44 bits per heavy atom. The average Bonchev–Trinajstić information content (AvgIpc) is 2.67. The summed E-state index contributed by atoms with van der Waals surface area (Å²) in [5, 5.41) is 1.21. The number of ketones is 1. The van der Waals surface area contributed by atoms with Crippen LogP contribution in [0, 0.1) is 0 Å². The smallest absolute Gasteiger partial charge is 0.219 e. The zero-order valence-corrected chi connectivity index (χ0v) is 16.2. The first-order valence-electron chi connectivity index (χ1n) is 9.53. The second-order valence-corrected chi connectivity index (χ2v) is 10.1. The molecule has 0 aromatic heterocycles. The maximum absolute atomic E-state index is 13.5. The molecule has 0 amide bonds. The molecule has 0 aliphatic heterocycles. The highest BCUT2D eigenvalue weighted by Gasteiger charge is 2.46. The van der Waals surface area contributed by atoms with Gasteiger partial charge >= 0.3 is 0 Å². The molecule has 2 heteroatoms. The monoisotopic (exact) mass is 353 g/mol. The van der Waals surface area contributed by atoms with Gasteiger partial charge in [-0.2, -0.15) is 0 Å². The third kappa shape index (κ3) is 4.36. The molecule has 132 valence electrons. The van der Waals surface area contributed by atoms with Crippen molar-refractivity contribution >= 4 is 16.7 Å². The van der Waals surface area contributed by atoms with Crippen LogP contribution in [0.5, 0.6) is 0 Å². The van der Waals surface area contributed by atoms with E-state index in [1.54, 1.807) is 0 Å². The van der Waals surface area contributed by atoms with Gasteiger partial charge in [-0.25, -0.2) is 0 Å². The van der Waals surface area contributed by atoms with Crippen LogP contribution in [0.4, 0.5) is 0 Å². The van der Waals surface area contributed by atoms with Gasteiger partial charge in [0.2, 0.25) is 11.0 Å². The molecule has 25 heavy (non-hydrogen) atoms. The summed E-state index contributed by atoms with van der Waals surface area (Å²) < 4.78 is 0. The van der Waals surface area contributed by atoms with Crippen LogP contribution < -0.4 is 0 Å². The lowest BCUT2D eigenvalue weighted by Gasteiger charge is -2.30. The summed E-state index contributed by atoms with van der Waals surface area (Å²) in [5.41, 5.74) is 2.05. The Morgan fingerprint density at radius 1 is 0.880 bits per heavy atom. The van der Waals surface area contributed by atoms with E-state index in [2.05, 4.69) is 38.1 Å². The largest absolute Gasteiger partial charge is 0.288 e. The minimum absolute atomic E-state index is 0.00769. The van der Waals surface area contributed by atoms with Crippen molar-refractivity contribution in [3.05, 3.63) is 71.8 Å². The van der Waals surface area contributed by atoms with Gasteiger partial charge in [0.25, 0.3) is 0 Å². The maximum Gasteiger partial charge on any atom is 0.219 e. The van der Waals surface area contributed by atoms with E-state index in [0.29, 0.717) is 16.3 Å². The molecular formula is C23H29OS+. The molecule has 2 aromatic rings. The van der Waals surface area contributed by atoms with Crippen molar-refractivity contribution in [1.29, 1.82) is 0 Å². The van der Waals surface area contributed by atoms with Crippen LogP contribution in [-0.2, 0) is 10.9 Å². The molecule has 2 aromatic carbocycles. The molecule has 1 nitrogen and oxygen atoms in total. The van der Waals surface area contributed by atoms with Crippen molar-refractivity contribution < 1.29 is 4.79 Å². The van der Waals surface area contributed by atoms with Crippen molar-refractivity contribution in [2.24, 2.45) is 0 Å². The van der Waals surface area contributed by atoms with Crippen molar-refractivity contribution in [1.82, 2.24) is 0 Å². The van der Waals surface area contributed by atoms with Crippen molar-refractivity contribution in [2.45, 2.75) is 61.7 Å². The first-order chi connectivity index (χ1) is 12.2. The second kappa shape index (κ2) is 8.71. The summed E-state index contributed by atoms with van der Waals surface area (Å²) in [5.74, 6) is 0.300. The summed E-state index contributed by atoms with van der Waals surface area (Å²) in [6.45, 7) is 4.62. The van der Waals surface area contributed by atoms with Gasteiger partial charge < -0.3 is 0 Å². The summed E-state index contributed by atoms with van der Waals surface area (Å²) in [6, 6.07) is 20.4. The van der Waals surface area contributed by atoms with Crippen LogP contribution in [-0.4, -0.2) is 16.3 Å². The predicted octanol–water partition coefficient (Wildman–Crippen LogP) is 5.97. The molecule has 0 N–H and O–H groups in total. The second-order valence-electron chi connectivity index (χ2n) is 7.24. The number of benzene rings is 2. The topological polar surface area (TPSA) is 17.1 Å². The van der Waals surface area contributed by atoms with Gasteiger partial charge in [-0.3, -0.25) is 4.79 Å². The zero-order valence-electron chi connectivity index (χ0n) is 15.4. The molecular weight excluding hydrogens is 324 g/mol. The van der Waals surface area contributed by atoms with Crippen molar-refractivity contribution in [2.75, 3.05) is 0 Å². The van der Waals surface area contributed by atoms with E-state index >= 15 is 0 Å². The lowest BCUT2D eigenvalue weighted by atomic mass is 10.0. The number of Topliss-reactive ketones (excluding diaryl/α,β-unsaturated/α-hetero) is 1. The molecule has 3 rings (SSSR count). The van der Waals surface area contributed by atoms with Gasteiger partial charge in [0, 0.05) is 22.0 Å². The Bertz CT molecular complexity index is 659. The summed E-state index contributed by atoms with van der Waals surface area (Å²) in [7, 11) is 0.0685. The molecule has 0 heterocycles. The number of carbonyl (C=O) groups is 1. The van der Waals surface area contributed by atoms with E-state index < -0.39 is 0 Å². The third-order valence-corrected chi connectivity index (χ3v) is 8.51. The Balaban J connectivity index is 2.01. The number of hydrogen-bond acceptors (Lipinski definition) is 1. The number of rotatable bonds is 6. The molecule has 1 fully saturated rings. The van der Waals surface area contributed by atoms with Crippen LogP contribution >= 0.6 is 0 Å². The predicted molar refractivity (Wildman–Crippen MR) is 109 cm³/mol. The minimum atomic E-state index is -0.00769. The fourth-order valence-electron chi connectivity index (χ4n) is 4.00. The fourth-order valence-corrected chi connectivity index (χ4v) is 7.43. The molecule has 0 spiro atoms. The first-order valence-corrected chi connectivity index (χ1v) is 10.9. The average molecular weight is 354 g/mol. The first kappa shape index (κ1) is 18.3. The van der Waals surface area contributed by atoms with E-state index in [1.807, 2.05) is 36.4 Å². The molecule has 0 radical (unpaired) electrons. The summed E-state index contributed by atoms with van der Waals surface area (Å²) in [4.78, 5) is 13.5. The van der Waals surface area contributed by atoms with Crippen LogP contribution in [0.15, 0.2) is 60.7 Å². The highest BCUT2D eigenvalue weighted by molar-refractivity contribution is 7.98.